The Morgan fingerprint density at radius 3 is 2.82 bits per heavy atom. The third-order valence-electron chi connectivity index (χ3n) is 4.86. The first-order chi connectivity index (χ1) is 12.9. The number of carbonyl (C=O) groups is 1. The molecule has 2 aromatic rings. The molecule has 0 radical (unpaired) electrons. The van der Waals surface area contributed by atoms with Crippen LogP contribution in [0.2, 0.25) is 5.02 Å². The smallest absolute Gasteiger partial charge is 0.312 e. The topological polar surface area (TPSA) is 93.3 Å². The van der Waals surface area contributed by atoms with E-state index in [1.54, 1.807) is 18.5 Å². The number of hydrogen-bond donors (Lipinski definition) is 1. The summed E-state index contributed by atoms with van der Waals surface area (Å²) in [4.78, 5) is 25.4. The zero-order valence-electron chi connectivity index (χ0n) is 15.7. The molecule has 1 saturated heterocycles. The molecule has 0 bridgehead atoms. The molecule has 10 heteroatoms. The summed E-state index contributed by atoms with van der Waals surface area (Å²) >= 11 is 6.10. The summed E-state index contributed by atoms with van der Waals surface area (Å²) in [5.41, 5.74) is 1.84. The zero-order chi connectivity index (χ0) is 19.6. The van der Waals surface area contributed by atoms with Gasteiger partial charge in [-0.2, -0.15) is 5.10 Å². The van der Waals surface area contributed by atoms with Crippen LogP contribution >= 0.6 is 24.0 Å². The van der Waals surface area contributed by atoms with Crippen LogP contribution in [0.3, 0.4) is 0 Å². The number of rotatable bonds is 5. The Balaban J connectivity index is 0.00000280. The lowest BCUT2D eigenvalue weighted by atomic mass is 10.0. The number of nitrogens with one attached hydrogen (secondary N) is 1. The molecule has 0 saturated carbocycles. The molecule has 152 valence electrons. The predicted molar refractivity (Wildman–Crippen MR) is 109 cm³/mol. The third-order valence-corrected chi connectivity index (χ3v) is 5.10. The van der Waals surface area contributed by atoms with Crippen LogP contribution in [-0.4, -0.2) is 45.1 Å². The molecule has 1 amide bonds. The molecule has 1 aromatic carbocycles. The van der Waals surface area contributed by atoms with Crippen molar-refractivity contribution in [1.82, 2.24) is 20.0 Å². The second-order valence-electron chi connectivity index (χ2n) is 6.61. The average Bonchev–Trinajstić information content (AvgIpc) is 2.93. The van der Waals surface area contributed by atoms with Gasteiger partial charge in [0.25, 0.3) is 0 Å². The number of nitrogens with zero attached hydrogens (tertiary/aromatic N) is 4. The van der Waals surface area contributed by atoms with E-state index in [9.17, 15) is 14.9 Å². The van der Waals surface area contributed by atoms with Crippen molar-refractivity contribution in [2.75, 3.05) is 19.6 Å². The van der Waals surface area contributed by atoms with Gasteiger partial charge < -0.3 is 10.2 Å². The Kier molecular flexibility index (Phi) is 7.40. The van der Waals surface area contributed by atoms with Crippen molar-refractivity contribution in [3.05, 3.63) is 56.4 Å². The highest BCUT2D eigenvalue weighted by Gasteiger charge is 2.28. The van der Waals surface area contributed by atoms with E-state index in [0.29, 0.717) is 36.0 Å². The molecule has 0 aliphatic carbocycles. The highest BCUT2D eigenvalue weighted by Crippen LogP contribution is 2.26. The van der Waals surface area contributed by atoms with Gasteiger partial charge in [0.1, 0.15) is 11.4 Å². The van der Waals surface area contributed by atoms with E-state index < -0.39 is 4.92 Å². The molecule has 1 N–H and O–H groups in total. The molecule has 1 aliphatic rings. The normalized spacial score (nSPS) is 16.5. The van der Waals surface area contributed by atoms with Crippen molar-refractivity contribution in [2.45, 2.75) is 32.9 Å². The van der Waals surface area contributed by atoms with Gasteiger partial charge in [-0.05, 0) is 31.5 Å². The fourth-order valence-corrected chi connectivity index (χ4v) is 3.73. The second kappa shape index (κ2) is 9.36. The number of halogens is 2. The van der Waals surface area contributed by atoms with Crippen molar-refractivity contribution in [3.63, 3.8) is 0 Å². The highest BCUT2D eigenvalue weighted by atomic mass is 35.5. The number of benzene rings is 1. The first-order valence-corrected chi connectivity index (χ1v) is 9.20. The standard InChI is InChI=1S/C18H22ClN5O3.ClH/c1-12-18(24(26)27)13(2)23(21-12)8-6-17(25)22-9-7-20-11-16(22)14-4-3-5-15(19)10-14;/h3-5,10,16,20H,6-9,11H2,1-2H3;1H. The first kappa shape index (κ1) is 22.1. The van der Waals surface area contributed by atoms with E-state index in [1.807, 2.05) is 29.2 Å². The van der Waals surface area contributed by atoms with Crippen molar-refractivity contribution in [1.29, 1.82) is 0 Å². The summed E-state index contributed by atoms with van der Waals surface area (Å²) in [5.74, 6) is -0.00307. The van der Waals surface area contributed by atoms with Crippen molar-refractivity contribution in [3.8, 4) is 0 Å². The summed E-state index contributed by atoms with van der Waals surface area (Å²) in [6.45, 7) is 5.57. The molecule has 28 heavy (non-hydrogen) atoms. The van der Waals surface area contributed by atoms with Gasteiger partial charge in [-0.1, -0.05) is 23.7 Å². The van der Waals surface area contributed by atoms with Gasteiger partial charge in [0.15, 0.2) is 0 Å². The molecule has 0 spiro atoms. The summed E-state index contributed by atoms with van der Waals surface area (Å²) in [6.07, 6.45) is 0.232. The molecule has 1 aromatic heterocycles. The molecular weight excluding hydrogens is 405 g/mol. The fraction of sp³-hybridized carbons (Fsp3) is 0.444. The summed E-state index contributed by atoms with van der Waals surface area (Å²) in [7, 11) is 0. The predicted octanol–water partition coefficient (Wildman–Crippen LogP) is 3.05. The fourth-order valence-electron chi connectivity index (χ4n) is 3.53. The third kappa shape index (κ3) is 4.63. The number of amides is 1. The maximum absolute atomic E-state index is 12.9. The lowest BCUT2D eigenvalue weighted by molar-refractivity contribution is -0.386. The van der Waals surface area contributed by atoms with Gasteiger partial charge in [0.2, 0.25) is 5.91 Å². The second-order valence-corrected chi connectivity index (χ2v) is 7.05. The van der Waals surface area contributed by atoms with E-state index in [1.165, 1.54) is 0 Å². The van der Waals surface area contributed by atoms with Crippen LogP contribution in [0.25, 0.3) is 0 Å². The molecular formula is C18H23Cl2N5O3. The largest absolute Gasteiger partial charge is 0.333 e. The Morgan fingerprint density at radius 2 is 2.18 bits per heavy atom. The van der Waals surface area contributed by atoms with E-state index in [4.69, 9.17) is 11.6 Å². The summed E-state index contributed by atoms with van der Waals surface area (Å²) < 4.78 is 1.54. The lowest BCUT2D eigenvalue weighted by Crippen LogP contribution is -2.48. The minimum atomic E-state index is -0.429. The maximum Gasteiger partial charge on any atom is 0.312 e. The number of aromatic nitrogens is 2. The average molecular weight is 428 g/mol. The van der Waals surface area contributed by atoms with Crippen molar-refractivity contribution in [2.24, 2.45) is 0 Å². The molecule has 1 aliphatic heterocycles. The lowest BCUT2D eigenvalue weighted by Gasteiger charge is -2.36. The van der Waals surface area contributed by atoms with Gasteiger partial charge in [-0.15, -0.1) is 12.4 Å². The van der Waals surface area contributed by atoms with E-state index >= 15 is 0 Å². The van der Waals surface area contributed by atoms with Gasteiger partial charge in [0, 0.05) is 31.1 Å². The maximum atomic E-state index is 12.9. The Hall–Kier alpha value is -2.16. The number of nitro groups is 1. The Bertz CT molecular complexity index is 871. The Morgan fingerprint density at radius 1 is 1.43 bits per heavy atom. The van der Waals surface area contributed by atoms with Gasteiger partial charge in [0.05, 0.1) is 17.5 Å². The minimum Gasteiger partial charge on any atom is -0.333 e. The summed E-state index contributed by atoms with van der Waals surface area (Å²) in [5, 5.41) is 19.3. The van der Waals surface area contributed by atoms with Gasteiger partial charge in [-0.25, -0.2) is 0 Å². The van der Waals surface area contributed by atoms with Crippen LogP contribution in [0.5, 0.6) is 0 Å². The van der Waals surface area contributed by atoms with E-state index in [2.05, 4.69) is 10.4 Å². The van der Waals surface area contributed by atoms with Crippen molar-refractivity contribution >= 4 is 35.6 Å². The number of piperazine rings is 1. The molecule has 8 nitrogen and oxygen atoms in total. The van der Waals surface area contributed by atoms with Crippen LogP contribution in [0.4, 0.5) is 5.69 Å². The molecule has 2 heterocycles. The number of aryl methyl sites for hydroxylation is 2. The highest BCUT2D eigenvalue weighted by molar-refractivity contribution is 6.30. The van der Waals surface area contributed by atoms with Gasteiger partial charge >= 0.3 is 5.69 Å². The van der Waals surface area contributed by atoms with Crippen LogP contribution in [-0.2, 0) is 11.3 Å². The van der Waals surface area contributed by atoms with Gasteiger partial charge in [-0.3, -0.25) is 19.6 Å². The quantitative estimate of drug-likeness (QED) is 0.584. The minimum absolute atomic E-state index is 0. The SMILES string of the molecule is Cc1nn(CCC(=O)N2CCNCC2c2cccc(Cl)c2)c(C)c1[N+](=O)[O-].Cl. The van der Waals surface area contributed by atoms with E-state index in [-0.39, 0.29) is 36.5 Å². The molecule has 1 fully saturated rings. The molecule has 1 atom stereocenters. The van der Waals surface area contributed by atoms with Crippen LogP contribution in [0, 0.1) is 24.0 Å². The monoisotopic (exact) mass is 427 g/mol. The zero-order valence-corrected chi connectivity index (χ0v) is 17.3. The van der Waals surface area contributed by atoms with Crippen LogP contribution < -0.4 is 5.32 Å². The molecule has 1 unspecified atom stereocenters. The number of carbonyl (C=O) groups excluding carboxylic acids is 1. The first-order valence-electron chi connectivity index (χ1n) is 8.82. The summed E-state index contributed by atoms with van der Waals surface area (Å²) in [6, 6.07) is 7.45. The van der Waals surface area contributed by atoms with E-state index in [0.717, 1.165) is 12.1 Å². The number of hydrogen-bond acceptors (Lipinski definition) is 5. The van der Waals surface area contributed by atoms with Crippen LogP contribution in [0.15, 0.2) is 24.3 Å². The van der Waals surface area contributed by atoms with Crippen LogP contribution in [0.1, 0.15) is 29.4 Å². The Labute approximate surface area is 174 Å². The molecule has 3 rings (SSSR count). The van der Waals surface area contributed by atoms with Crippen molar-refractivity contribution < 1.29 is 9.72 Å².